The number of hydrogen-bond acceptors (Lipinski definition) is 2. The Morgan fingerprint density at radius 3 is 2.68 bits per heavy atom. The van der Waals surface area contributed by atoms with Crippen molar-refractivity contribution in [1.29, 1.82) is 0 Å². The van der Waals surface area contributed by atoms with Gasteiger partial charge in [-0.3, -0.25) is 4.79 Å². The maximum absolute atomic E-state index is 13.7. The summed E-state index contributed by atoms with van der Waals surface area (Å²) in [5.74, 6) is -0.718. The second-order valence-corrected chi connectivity index (χ2v) is 5.44. The molecule has 1 fully saturated rings. The standard InChI is InChI=1S/C13H16BrFN2O.ClH/c1-17(10-4-6-16-7-5-10)13(18)11-8-9(14)2-3-12(11)15;/h2-3,8,10,16H,4-7H2,1H3;1H. The monoisotopic (exact) mass is 350 g/mol. The molecule has 0 unspecified atom stereocenters. The van der Waals surface area contributed by atoms with Gasteiger partial charge in [-0.05, 0) is 44.1 Å². The Kier molecular flexibility index (Phi) is 6.23. The quantitative estimate of drug-likeness (QED) is 0.888. The zero-order valence-electron chi connectivity index (χ0n) is 10.7. The first-order valence-corrected chi connectivity index (χ1v) is 6.82. The summed E-state index contributed by atoms with van der Waals surface area (Å²) in [6, 6.07) is 4.64. The largest absolute Gasteiger partial charge is 0.339 e. The highest BCUT2D eigenvalue weighted by molar-refractivity contribution is 9.10. The number of halogens is 3. The van der Waals surface area contributed by atoms with Crippen LogP contribution in [0.1, 0.15) is 23.2 Å². The molecule has 0 saturated carbocycles. The third kappa shape index (κ3) is 3.91. The van der Waals surface area contributed by atoms with Crippen molar-refractivity contribution in [2.45, 2.75) is 18.9 Å². The van der Waals surface area contributed by atoms with Crippen molar-refractivity contribution in [3.8, 4) is 0 Å². The van der Waals surface area contributed by atoms with Gasteiger partial charge in [-0.1, -0.05) is 15.9 Å². The predicted octanol–water partition coefficient (Wildman–Crippen LogP) is 2.83. The topological polar surface area (TPSA) is 32.3 Å². The van der Waals surface area contributed by atoms with E-state index < -0.39 is 5.82 Å². The van der Waals surface area contributed by atoms with Gasteiger partial charge in [0, 0.05) is 17.6 Å². The molecule has 0 spiro atoms. The lowest BCUT2D eigenvalue weighted by atomic mass is 10.0. The van der Waals surface area contributed by atoms with E-state index in [1.54, 1.807) is 18.0 Å². The molecule has 0 bridgehead atoms. The highest BCUT2D eigenvalue weighted by atomic mass is 79.9. The van der Waals surface area contributed by atoms with E-state index in [2.05, 4.69) is 21.2 Å². The van der Waals surface area contributed by atoms with Crippen LogP contribution in [0.2, 0.25) is 0 Å². The number of hydrogen-bond donors (Lipinski definition) is 1. The van der Waals surface area contributed by atoms with Crippen LogP contribution in [0.15, 0.2) is 22.7 Å². The molecule has 1 aromatic carbocycles. The number of carbonyl (C=O) groups is 1. The highest BCUT2D eigenvalue weighted by Crippen LogP contribution is 2.19. The Balaban J connectivity index is 0.00000180. The van der Waals surface area contributed by atoms with E-state index in [1.807, 2.05) is 0 Å². The van der Waals surface area contributed by atoms with Crippen molar-refractivity contribution < 1.29 is 9.18 Å². The van der Waals surface area contributed by atoms with Gasteiger partial charge in [-0.2, -0.15) is 0 Å². The van der Waals surface area contributed by atoms with E-state index in [0.717, 1.165) is 25.9 Å². The lowest BCUT2D eigenvalue weighted by molar-refractivity contribution is 0.0698. The third-order valence-electron chi connectivity index (χ3n) is 3.34. The molecule has 19 heavy (non-hydrogen) atoms. The Morgan fingerprint density at radius 1 is 1.42 bits per heavy atom. The van der Waals surface area contributed by atoms with Gasteiger partial charge >= 0.3 is 0 Å². The predicted molar refractivity (Wildman–Crippen MR) is 79.3 cm³/mol. The van der Waals surface area contributed by atoms with Gasteiger partial charge in [0.25, 0.3) is 5.91 Å². The van der Waals surface area contributed by atoms with Crippen LogP contribution in [0.4, 0.5) is 4.39 Å². The van der Waals surface area contributed by atoms with Gasteiger partial charge in [0.15, 0.2) is 0 Å². The average Bonchev–Trinajstić information content (AvgIpc) is 2.41. The van der Waals surface area contributed by atoms with Crippen LogP contribution in [0.25, 0.3) is 0 Å². The molecule has 0 aromatic heterocycles. The maximum Gasteiger partial charge on any atom is 0.256 e. The number of piperidine rings is 1. The normalized spacial score (nSPS) is 15.7. The van der Waals surface area contributed by atoms with E-state index in [4.69, 9.17) is 0 Å². The Hall–Kier alpha value is -0.650. The first-order valence-electron chi connectivity index (χ1n) is 6.02. The molecular formula is C13H17BrClFN2O. The van der Waals surface area contributed by atoms with Crippen LogP contribution in [-0.2, 0) is 0 Å². The number of carbonyl (C=O) groups excluding carboxylic acids is 1. The maximum atomic E-state index is 13.7. The second-order valence-electron chi connectivity index (χ2n) is 4.52. The summed E-state index contributed by atoms with van der Waals surface area (Å²) >= 11 is 3.26. The molecule has 2 rings (SSSR count). The number of benzene rings is 1. The molecule has 1 aliphatic heterocycles. The molecule has 1 N–H and O–H groups in total. The second kappa shape index (κ2) is 7.22. The summed E-state index contributed by atoms with van der Waals surface area (Å²) < 4.78 is 14.4. The molecule has 1 saturated heterocycles. The zero-order valence-corrected chi connectivity index (χ0v) is 13.1. The fraction of sp³-hybridized carbons (Fsp3) is 0.462. The minimum atomic E-state index is -0.469. The van der Waals surface area contributed by atoms with Crippen LogP contribution < -0.4 is 5.32 Å². The van der Waals surface area contributed by atoms with E-state index in [-0.39, 0.29) is 29.9 Å². The van der Waals surface area contributed by atoms with E-state index in [1.165, 1.54) is 12.1 Å². The summed E-state index contributed by atoms with van der Waals surface area (Å²) in [6.07, 6.45) is 1.83. The van der Waals surface area contributed by atoms with Gasteiger partial charge in [-0.25, -0.2) is 4.39 Å². The molecule has 1 heterocycles. The summed E-state index contributed by atoms with van der Waals surface area (Å²) in [4.78, 5) is 13.9. The minimum Gasteiger partial charge on any atom is -0.339 e. The zero-order chi connectivity index (χ0) is 13.1. The number of rotatable bonds is 2. The molecule has 0 atom stereocenters. The Morgan fingerprint density at radius 2 is 2.05 bits per heavy atom. The minimum absolute atomic E-state index is 0. The van der Waals surface area contributed by atoms with Crippen molar-refractivity contribution in [3.05, 3.63) is 34.1 Å². The fourth-order valence-corrected chi connectivity index (χ4v) is 2.57. The molecule has 106 valence electrons. The van der Waals surface area contributed by atoms with Crippen molar-refractivity contribution in [2.24, 2.45) is 0 Å². The van der Waals surface area contributed by atoms with Crippen molar-refractivity contribution in [1.82, 2.24) is 10.2 Å². The third-order valence-corrected chi connectivity index (χ3v) is 3.83. The van der Waals surface area contributed by atoms with E-state index in [9.17, 15) is 9.18 Å². The lowest BCUT2D eigenvalue weighted by Gasteiger charge is -2.31. The Bertz CT molecular complexity index is 452. The van der Waals surface area contributed by atoms with Crippen LogP contribution in [0.5, 0.6) is 0 Å². The summed E-state index contributed by atoms with van der Waals surface area (Å²) in [5, 5.41) is 3.25. The van der Waals surface area contributed by atoms with Gasteiger partial charge in [-0.15, -0.1) is 12.4 Å². The Labute approximate surface area is 127 Å². The number of nitrogens with one attached hydrogen (secondary N) is 1. The molecule has 0 radical (unpaired) electrons. The number of amides is 1. The van der Waals surface area contributed by atoms with Crippen LogP contribution >= 0.6 is 28.3 Å². The SMILES string of the molecule is CN(C(=O)c1cc(Br)ccc1F)C1CCNCC1.Cl. The lowest BCUT2D eigenvalue weighted by Crippen LogP contribution is -2.44. The van der Waals surface area contributed by atoms with E-state index >= 15 is 0 Å². The first-order chi connectivity index (χ1) is 8.59. The molecule has 1 aliphatic rings. The molecule has 6 heteroatoms. The van der Waals surface area contributed by atoms with Gasteiger partial charge in [0.1, 0.15) is 5.82 Å². The van der Waals surface area contributed by atoms with Crippen molar-refractivity contribution in [3.63, 3.8) is 0 Å². The van der Waals surface area contributed by atoms with Crippen molar-refractivity contribution >= 4 is 34.2 Å². The number of nitrogens with zero attached hydrogens (tertiary/aromatic N) is 1. The van der Waals surface area contributed by atoms with Gasteiger partial charge in [0.2, 0.25) is 0 Å². The smallest absolute Gasteiger partial charge is 0.256 e. The van der Waals surface area contributed by atoms with Crippen LogP contribution in [0.3, 0.4) is 0 Å². The first kappa shape index (κ1) is 16.4. The molecule has 3 nitrogen and oxygen atoms in total. The van der Waals surface area contributed by atoms with Crippen LogP contribution in [0, 0.1) is 5.82 Å². The van der Waals surface area contributed by atoms with Crippen molar-refractivity contribution in [2.75, 3.05) is 20.1 Å². The summed E-state index contributed by atoms with van der Waals surface area (Å²) in [5.41, 5.74) is 0.130. The molecule has 1 aromatic rings. The van der Waals surface area contributed by atoms with Gasteiger partial charge in [0.05, 0.1) is 5.56 Å². The molecule has 0 aliphatic carbocycles. The van der Waals surface area contributed by atoms with Gasteiger partial charge < -0.3 is 10.2 Å². The summed E-state index contributed by atoms with van der Waals surface area (Å²) in [6.45, 7) is 1.81. The van der Waals surface area contributed by atoms with E-state index in [0.29, 0.717) is 4.47 Å². The average molecular weight is 352 g/mol. The molecular weight excluding hydrogens is 335 g/mol. The summed E-state index contributed by atoms with van der Waals surface area (Å²) in [7, 11) is 1.75. The molecule has 1 amide bonds. The van der Waals surface area contributed by atoms with Crippen LogP contribution in [-0.4, -0.2) is 37.0 Å². The fourth-order valence-electron chi connectivity index (χ4n) is 2.21. The highest BCUT2D eigenvalue weighted by Gasteiger charge is 2.24.